The molecule has 4 rings (SSSR count). The number of rotatable bonds is 2. The monoisotopic (exact) mass is 331 g/mol. The van der Waals surface area contributed by atoms with Crippen LogP contribution in [0.4, 0.5) is 0 Å². The molecule has 2 saturated heterocycles. The molecule has 130 valence electrons. The molecule has 2 bridgehead atoms. The van der Waals surface area contributed by atoms with E-state index in [2.05, 4.69) is 17.1 Å². The minimum absolute atomic E-state index is 0.0341. The van der Waals surface area contributed by atoms with Crippen molar-refractivity contribution in [2.45, 2.75) is 45.1 Å². The highest BCUT2D eigenvalue weighted by molar-refractivity contribution is 5.92. The Hall–Kier alpha value is -1.78. The highest BCUT2D eigenvalue weighted by Gasteiger charge is 2.60. The maximum absolute atomic E-state index is 12.1. The van der Waals surface area contributed by atoms with Gasteiger partial charge >= 0.3 is 11.9 Å². The smallest absolute Gasteiger partial charge is 0.337 e. The maximum atomic E-state index is 12.1. The second-order valence-electron chi connectivity index (χ2n) is 7.51. The van der Waals surface area contributed by atoms with Crippen molar-refractivity contribution in [1.29, 1.82) is 0 Å². The topological polar surface area (TPSA) is 55.8 Å². The van der Waals surface area contributed by atoms with E-state index < -0.39 is 0 Å². The molecule has 0 aromatic heterocycles. The van der Waals surface area contributed by atoms with Crippen molar-refractivity contribution < 1.29 is 19.1 Å². The number of hydrogen-bond acceptors (Lipinski definition) is 5. The predicted octanol–water partition coefficient (Wildman–Crippen LogP) is 2.43. The van der Waals surface area contributed by atoms with Gasteiger partial charge in [-0.25, -0.2) is 4.79 Å². The Morgan fingerprint density at radius 3 is 2.83 bits per heavy atom. The van der Waals surface area contributed by atoms with Crippen LogP contribution in [0, 0.1) is 17.3 Å². The Morgan fingerprint density at radius 2 is 2.08 bits per heavy atom. The van der Waals surface area contributed by atoms with Crippen LogP contribution in [0.3, 0.4) is 0 Å². The van der Waals surface area contributed by atoms with Crippen LogP contribution in [0.1, 0.15) is 39.0 Å². The first-order chi connectivity index (χ1) is 11.6. The number of ether oxygens (including phenoxy) is 2. The summed E-state index contributed by atoms with van der Waals surface area (Å²) in [5.74, 6) is 0.142. The first-order valence-electron chi connectivity index (χ1n) is 9.00. The summed E-state index contributed by atoms with van der Waals surface area (Å²) in [4.78, 5) is 26.2. The minimum Gasteiger partial charge on any atom is -0.465 e. The van der Waals surface area contributed by atoms with Crippen LogP contribution in [-0.4, -0.2) is 43.1 Å². The van der Waals surface area contributed by atoms with Crippen molar-refractivity contribution in [3.05, 3.63) is 23.4 Å². The fourth-order valence-corrected chi connectivity index (χ4v) is 5.71. The summed E-state index contributed by atoms with van der Waals surface area (Å²) in [6.07, 6.45) is 9.39. The zero-order valence-electron chi connectivity index (χ0n) is 14.4. The Kier molecular flexibility index (Phi) is 3.70. The zero-order chi connectivity index (χ0) is 16.9. The molecule has 0 radical (unpaired) electrons. The van der Waals surface area contributed by atoms with E-state index in [-0.39, 0.29) is 29.4 Å². The van der Waals surface area contributed by atoms with E-state index in [4.69, 9.17) is 9.47 Å². The van der Waals surface area contributed by atoms with Gasteiger partial charge in [0.15, 0.2) is 0 Å². The van der Waals surface area contributed by atoms with Crippen LogP contribution in [0.2, 0.25) is 0 Å². The predicted molar refractivity (Wildman–Crippen MR) is 87.8 cm³/mol. The van der Waals surface area contributed by atoms with Crippen LogP contribution in [0.25, 0.3) is 0 Å². The molecule has 1 spiro atoms. The Labute approximate surface area is 142 Å². The largest absolute Gasteiger partial charge is 0.465 e. The van der Waals surface area contributed by atoms with Crippen LogP contribution in [-0.2, 0) is 19.1 Å². The highest BCUT2D eigenvalue weighted by atomic mass is 16.5. The van der Waals surface area contributed by atoms with Crippen molar-refractivity contribution >= 4 is 11.9 Å². The summed E-state index contributed by atoms with van der Waals surface area (Å²) in [6, 6.07) is 0. The molecule has 2 aliphatic heterocycles. The van der Waals surface area contributed by atoms with Gasteiger partial charge in [-0.2, -0.15) is 0 Å². The number of carbonyl (C=O) groups excluding carboxylic acids is 2. The van der Waals surface area contributed by atoms with E-state index in [1.54, 1.807) is 0 Å². The lowest BCUT2D eigenvalue weighted by molar-refractivity contribution is -0.149. The molecule has 0 aromatic rings. The van der Waals surface area contributed by atoms with Crippen molar-refractivity contribution in [1.82, 2.24) is 4.90 Å². The van der Waals surface area contributed by atoms with Gasteiger partial charge in [-0.3, -0.25) is 4.79 Å². The van der Waals surface area contributed by atoms with Gasteiger partial charge in [-0.05, 0) is 44.1 Å². The van der Waals surface area contributed by atoms with E-state index in [1.807, 2.05) is 0 Å². The van der Waals surface area contributed by atoms with Crippen LogP contribution >= 0.6 is 0 Å². The third kappa shape index (κ3) is 2.13. The molecule has 24 heavy (non-hydrogen) atoms. The van der Waals surface area contributed by atoms with Gasteiger partial charge in [-0.15, -0.1) is 0 Å². The Balaban J connectivity index is 1.81. The van der Waals surface area contributed by atoms with E-state index in [0.717, 1.165) is 38.8 Å². The lowest BCUT2D eigenvalue weighted by Crippen LogP contribution is -2.46. The molecule has 4 aliphatic rings. The SMILES string of the molecule is COC(=O)C1=C[C@H]2C[C@H](OC(C)=O)[C@H]3CCCN4CCC[C@@]32C4=C1. The Bertz CT molecular complexity index is 637. The van der Waals surface area contributed by atoms with Gasteiger partial charge in [0.1, 0.15) is 6.10 Å². The van der Waals surface area contributed by atoms with Gasteiger partial charge < -0.3 is 14.4 Å². The molecule has 2 aliphatic carbocycles. The lowest BCUT2D eigenvalue weighted by Gasteiger charge is -2.50. The van der Waals surface area contributed by atoms with E-state index in [1.165, 1.54) is 26.2 Å². The number of hydrogen-bond donors (Lipinski definition) is 0. The number of piperidine rings is 1. The normalized spacial score (nSPS) is 36.9. The number of esters is 2. The summed E-state index contributed by atoms with van der Waals surface area (Å²) in [5, 5.41) is 0. The first kappa shape index (κ1) is 15.7. The fourth-order valence-electron chi connectivity index (χ4n) is 5.71. The third-order valence-corrected chi connectivity index (χ3v) is 6.45. The molecule has 0 aromatic carbocycles. The number of allylic oxidation sites excluding steroid dienone is 2. The Morgan fingerprint density at radius 1 is 1.29 bits per heavy atom. The molecule has 5 nitrogen and oxygen atoms in total. The average Bonchev–Trinajstić information content (AvgIpc) is 2.79. The van der Waals surface area contributed by atoms with Gasteiger partial charge in [0.05, 0.1) is 12.7 Å². The number of carbonyl (C=O) groups is 2. The summed E-state index contributed by atoms with van der Waals surface area (Å²) >= 11 is 0. The van der Waals surface area contributed by atoms with Crippen LogP contribution in [0.15, 0.2) is 23.4 Å². The van der Waals surface area contributed by atoms with Crippen molar-refractivity contribution in [2.75, 3.05) is 20.2 Å². The lowest BCUT2D eigenvalue weighted by atomic mass is 9.62. The van der Waals surface area contributed by atoms with Crippen molar-refractivity contribution in [3.63, 3.8) is 0 Å². The summed E-state index contributed by atoms with van der Waals surface area (Å²) in [7, 11) is 1.43. The molecule has 0 N–H and O–H groups in total. The third-order valence-electron chi connectivity index (χ3n) is 6.45. The summed E-state index contributed by atoms with van der Waals surface area (Å²) in [5.41, 5.74) is 1.98. The minimum atomic E-state index is -0.270. The van der Waals surface area contributed by atoms with Crippen LogP contribution in [0.5, 0.6) is 0 Å². The molecule has 0 amide bonds. The summed E-state index contributed by atoms with van der Waals surface area (Å²) in [6.45, 7) is 3.58. The molecule has 5 heteroatoms. The molecular weight excluding hydrogens is 306 g/mol. The number of nitrogens with zero attached hydrogens (tertiary/aromatic N) is 1. The van der Waals surface area contributed by atoms with Crippen molar-refractivity contribution in [2.24, 2.45) is 17.3 Å². The van der Waals surface area contributed by atoms with Gasteiger partial charge in [0, 0.05) is 37.0 Å². The second kappa shape index (κ2) is 5.64. The highest BCUT2D eigenvalue weighted by Crippen LogP contribution is 2.63. The maximum Gasteiger partial charge on any atom is 0.337 e. The zero-order valence-corrected chi connectivity index (χ0v) is 14.4. The van der Waals surface area contributed by atoms with Gasteiger partial charge in [0.25, 0.3) is 0 Å². The van der Waals surface area contributed by atoms with Crippen LogP contribution < -0.4 is 0 Å². The molecule has 3 fully saturated rings. The van der Waals surface area contributed by atoms with E-state index in [9.17, 15) is 9.59 Å². The standard InChI is InChI=1S/C19H25NO4/c1-12(21)24-16-11-14-9-13(18(22)23-2)10-17-19(14)6-4-8-20(17)7-3-5-15(16)19/h9-10,14-16H,3-8,11H2,1-2H3/t14-,15+,16-,19-/m0/s1. The van der Waals surface area contributed by atoms with Gasteiger partial charge in [0.2, 0.25) is 0 Å². The molecule has 1 saturated carbocycles. The molecule has 2 heterocycles. The van der Waals surface area contributed by atoms with E-state index in [0.29, 0.717) is 11.5 Å². The molecular formula is C19H25NO4. The fraction of sp³-hybridized carbons (Fsp3) is 0.684. The molecule has 4 atom stereocenters. The second-order valence-corrected chi connectivity index (χ2v) is 7.51. The first-order valence-corrected chi connectivity index (χ1v) is 9.00. The number of methoxy groups -OCH3 is 1. The van der Waals surface area contributed by atoms with E-state index >= 15 is 0 Å². The van der Waals surface area contributed by atoms with Crippen molar-refractivity contribution in [3.8, 4) is 0 Å². The quantitative estimate of drug-likeness (QED) is 0.728. The van der Waals surface area contributed by atoms with Gasteiger partial charge in [-0.1, -0.05) is 6.08 Å². The summed E-state index contributed by atoms with van der Waals surface area (Å²) < 4.78 is 10.7. The molecule has 0 unspecified atom stereocenters. The average molecular weight is 331 g/mol.